The van der Waals surface area contributed by atoms with Crippen molar-refractivity contribution in [2.75, 3.05) is 51.3 Å². The van der Waals surface area contributed by atoms with Crippen molar-refractivity contribution in [3.8, 4) is 0 Å². The van der Waals surface area contributed by atoms with E-state index in [2.05, 4.69) is 10.6 Å². The second kappa shape index (κ2) is 7.58. The molecule has 2 N–H and O–H groups in total. The van der Waals surface area contributed by atoms with Crippen LogP contribution in [0.2, 0.25) is 0 Å². The van der Waals surface area contributed by atoms with Crippen LogP contribution in [-0.2, 0) is 24.3 Å². The van der Waals surface area contributed by atoms with Crippen LogP contribution in [0.5, 0.6) is 0 Å². The van der Waals surface area contributed by atoms with E-state index in [-0.39, 0.29) is 10.8 Å². The van der Waals surface area contributed by atoms with Crippen LogP contribution in [0, 0.1) is 0 Å². The lowest BCUT2D eigenvalue weighted by Crippen LogP contribution is -2.45. The Morgan fingerprint density at radius 2 is 2.04 bits per heavy atom. The second-order valence-corrected chi connectivity index (χ2v) is 7.54. The van der Waals surface area contributed by atoms with Crippen molar-refractivity contribution in [2.45, 2.75) is 11.0 Å². The lowest BCUT2D eigenvalue weighted by Gasteiger charge is -2.26. The van der Waals surface area contributed by atoms with Crippen LogP contribution >= 0.6 is 0 Å². The lowest BCUT2D eigenvalue weighted by atomic mass is 10.2. The molecule has 0 aromatic heterocycles. The smallest absolute Gasteiger partial charge is 0.254 e. The highest BCUT2D eigenvalue weighted by Crippen LogP contribution is 2.20. The normalized spacial score (nSPS) is 22.9. The van der Waals surface area contributed by atoms with E-state index < -0.39 is 16.1 Å². The molecule has 8 nitrogen and oxygen atoms in total. The third kappa shape index (κ3) is 3.93. The zero-order valence-corrected chi connectivity index (χ0v) is 14.0. The molecule has 2 heterocycles. The molecule has 0 radical (unpaired) electrons. The van der Waals surface area contributed by atoms with E-state index in [9.17, 15) is 13.2 Å². The molecule has 2 aliphatic heterocycles. The van der Waals surface area contributed by atoms with Gasteiger partial charge in [-0.05, 0) is 18.2 Å². The van der Waals surface area contributed by atoms with Crippen LogP contribution in [0.15, 0.2) is 29.2 Å². The van der Waals surface area contributed by atoms with Gasteiger partial charge in [0, 0.05) is 31.9 Å². The standard InChI is InChI=1S/C15H21N3O5S/c19-15(14-11-16-4-7-23-14)17-12-2-1-3-13(10-12)24(20,21)18-5-8-22-9-6-18/h1-3,10,14,16H,4-9,11H2,(H,17,19)/t14-/m1/s1. The molecule has 24 heavy (non-hydrogen) atoms. The van der Waals surface area contributed by atoms with Crippen LogP contribution in [0.25, 0.3) is 0 Å². The molecular weight excluding hydrogens is 334 g/mol. The Kier molecular flexibility index (Phi) is 5.47. The van der Waals surface area contributed by atoms with E-state index in [1.807, 2.05) is 0 Å². The number of sulfonamides is 1. The number of morpholine rings is 2. The number of hydrogen-bond acceptors (Lipinski definition) is 6. The fraction of sp³-hybridized carbons (Fsp3) is 0.533. The first-order valence-electron chi connectivity index (χ1n) is 7.88. The number of benzene rings is 1. The maximum Gasteiger partial charge on any atom is 0.254 e. The first kappa shape index (κ1) is 17.3. The first-order chi connectivity index (χ1) is 11.6. The quantitative estimate of drug-likeness (QED) is 0.765. The molecule has 1 aromatic carbocycles. The SMILES string of the molecule is O=C(Nc1cccc(S(=O)(=O)N2CCOCC2)c1)[C@H]1CNCCO1. The molecule has 9 heteroatoms. The van der Waals surface area contributed by atoms with E-state index in [4.69, 9.17) is 9.47 Å². The molecule has 2 aliphatic rings. The van der Waals surface area contributed by atoms with Crippen LogP contribution in [0.4, 0.5) is 5.69 Å². The van der Waals surface area contributed by atoms with Gasteiger partial charge in [0.1, 0.15) is 6.10 Å². The highest BCUT2D eigenvalue weighted by atomic mass is 32.2. The molecule has 0 unspecified atom stereocenters. The molecule has 1 atom stereocenters. The summed E-state index contributed by atoms with van der Waals surface area (Å²) >= 11 is 0. The van der Waals surface area contributed by atoms with E-state index >= 15 is 0 Å². The van der Waals surface area contributed by atoms with Crippen molar-refractivity contribution < 1.29 is 22.7 Å². The molecule has 0 bridgehead atoms. The number of amides is 1. The zero-order chi connectivity index (χ0) is 17.0. The Hall–Kier alpha value is -1.52. The van der Waals surface area contributed by atoms with Gasteiger partial charge in [-0.3, -0.25) is 4.79 Å². The summed E-state index contributed by atoms with van der Waals surface area (Å²) in [6.45, 7) is 3.09. The van der Waals surface area contributed by atoms with Gasteiger partial charge in [-0.2, -0.15) is 4.31 Å². The van der Waals surface area contributed by atoms with E-state index in [1.54, 1.807) is 12.1 Å². The van der Waals surface area contributed by atoms with E-state index in [0.717, 1.165) is 6.54 Å². The van der Waals surface area contributed by atoms with Crippen molar-refractivity contribution in [3.05, 3.63) is 24.3 Å². The summed E-state index contributed by atoms with van der Waals surface area (Å²) in [7, 11) is -3.59. The first-order valence-corrected chi connectivity index (χ1v) is 9.32. The summed E-state index contributed by atoms with van der Waals surface area (Å²) in [6.07, 6.45) is -0.571. The van der Waals surface area contributed by atoms with Gasteiger partial charge in [0.25, 0.3) is 5.91 Å². The van der Waals surface area contributed by atoms with Crippen molar-refractivity contribution >= 4 is 21.6 Å². The molecule has 0 saturated carbocycles. The Labute approximate surface area is 141 Å². The fourth-order valence-corrected chi connectivity index (χ4v) is 4.08. The van der Waals surface area contributed by atoms with Crippen molar-refractivity contribution in [2.24, 2.45) is 0 Å². The van der Waals surface area contributed by atoms with Crippen LogP contribution in [0.3, 0.4) is 0 Å². The lowest BCUT2D eigenvalue weighted by molar-refractivity contribution is -0.128. The average Bonchev–Trinajstić information content (AvgIpc) is 2.63. The third-order valence-electron chi connectivity index (χ3n) is 3.93. The Morgan fingerprint density at radius 3 is 2.75 bits per heavy atom. The maximum absolute atomic E-state index is 12.6. The molecule has 132 valence electrons. The van der Waals surface area contributed by atoms with Crippen LogP contribution in [0.1, 0.15) is 0 Å². The summed E-state index contributed by atoms with van der Waals surface area (Å²) in [5.41, 5.74) is 0.434. The summed E-state index contributed by atoms with van der Waals surface area (Å²) in [6, 6.07) is 6.27. The van der Waals surface area contributed by atoms with E-state index in [0.29, 0.717) is 45.1 Å². The Bertz CT molecular complexity index is 682. The topological polar surface area (TPSA) is 97.0 Å². The summed E-state index contributed by atoms with van der Waals surface area (Å²) < 4.78 is 37.3. The Balaban J connectivity index is 1.72. The Morgan fingerprint density at radius 1 is 1.25 bits per heavy atom. The summed E-state index contributed by atoms with van der Waals surface area (Å²) in [5, 5.41) is 5.80. The average molecular weight is 355 g/mol. The minimum absolute atomic E-state index is 0.157. The predicted octanol–water partition coefficient (Wildman–Crippen LogP) is -0.366. The fourth-order valence-electron chi connectivity index (χ4n) is 2.63. The van der Waals surface area contributed by atoms with Gasteiger partial charge in [0.15, 0.2) is 0 Å². The molecule has 0 spiro atoms. The second-order valence-electron chi connectivity index (χ2n) is 5.60. The predicted molar refractivity (Wildman–Crippen MR) is 87.3 cm³/mol. The maximum atomic E-state index is 12.6. The van der Waals surface area contributed by atoms with E-state index in [1.165, 1.54) is 16.4 Å². The summed E-state index contributed by atoms with van der Waals surface area (Å²) in [5.74, 6) is -0.289. The highest BCUT2D eigenvalue weighted by molar-refractivity contribution is 7.89. The summed E-state index contributed by atoms with van der Waals surface area (Å²) in [4.78, 5) is 12.3. The molecule has 2 saturated heterocycles. The van der Waals surface area contributed by atoms with Crippen molar-refractivity contribution in [1.82, 2.24) is 9.62 Å². The molecule has 0 aliphatic carbocycles. The molecule has 1 amide bonds. The van der Waals surface area contributed by atoms with Gasteiger partial charge in [0.2, 0.25) is 10.0 Å². The van der Waals surface area contributed by atoms with Crippen molar-refractivity contribution in [1.29, 1.82) is 0 Å². The van der Waals surface area contributed by atoms with Crippen LogP contribution in [-0.4, -0.2) is 70.7 Å². The zero-order valence-electron chi connectivity index (χ0n) is 13.2. The molecule has 2 fully saturated rings. The van der Waals surface area contributed by atoms with Crippen LogP contribution < -0.4 is 10.6 Å². The number of anilines is 1. The molecule has 1 aromatic rings. The number of ether oxygens (including phenoxy) is 2. The number of carbonyl (C=O) groups is 1. The monoisotopic (exact) mass is 355 g/mol. The van der Waals surface area contributed by atoms with Gasteiger partial charge in [-0.25, -0.2) is 8.42 Å². The number of nitrogens with zero attached hydrogens (tertiary/aromatic N) is 1. The van der Waals surface area contributed by atoms with Gasteiger partial charge in [-0.15, -0.1) is 0 Å². The minimum Gasteiger partial charge on any atom is -0.379 e. The van der Waals surface area contributed by atoms with Crippen molar-refractivity contribution in [3.63, 3.8) is 0 Å². The van der Waals surface area contributed by atoms with Gasteiger partial charge >= 0.3 is 0 Å². The highest BCUT2D eigenvalue weighted by Gasteiger charge is 2.27. The van der Waals surface area contributed by atoms with Gasteiger partial charge in [-0.1, -0.05) is 6.07 Å². The molecule has 3 rings (SSSR count). The molecular formula is C15H21N3O5S. The van der Waals surface area contributed by atoms with Gasteiger partial charge in [0.05, 0.1) is 24.7 Å². The minimum atomic E-state index is -3.59. The number of nitrogens with one attached hydrogen (secondary N) is 2. The number of rotatable bonds is 4. The number of carbonyl (C=O) groups excluding carboxylic acids is 1. The number of hydrogen-bond donors (Lipinski definition) is 2. The van der Waals surface area contributed by atoms with Gasteiger partial charge < -0.3 is 20.1 Å². The largest absolute Gasteiger partial charge is 0.379 e. The third-order valence-corrected chi connectivity index (χ3v) is 5.82.